The summed E-state index contributed by atoms with van der Waals surface area (Å²) >= 11 is 1.47. The smallest absolute Gasteiger partial charge is 0.246 e. The lowest BCUT2D eigenvalue weighted by atomic mass is 10.2. The summed E-state index contributed by atoms with van der Waals surface area (Å²) in [6, 6.07) is 3.53. The van der Waals surface area contributed by atoms with E-state index in [2.05, 4.69) is 25.2 Å². The molecule has 1 atom stereocenters. The largest absolute Gasteiger partial charge is 0.360 e. The van der Waals surface area contributed by atoms with Crippen molar-refractivity contribution in [1.29, 1.82) is 0 Å². The molecule has 8 nitrogen and oxygen atoms in total. The molecule has 2 N–H and O–H groups in total. The van der Waals surface area contributed by atoms with Crippen LogP contribution in [0, 0.1) is 13.8 Å². The minimum Gasteiger partial charge on any atom is -0.360 e. The van der Waals surface area contributed by atoms with Crippen LogP contribution in [-0.2, 0) is 10.0 Å². The van der Waals surface area contributed by atoms with E-state index >= 15 is 0 Å². The van der Waals surface area contributed by atoms with Gasteiger partial charge in [-0.05, 0) is 32.4 Å². The average Bonchev–Trinajstić information content (AvgIpc) is 3.27. The number of rotatable bonds is 9. The quantitative estimate of drug-likeness (QED) is 0.502. The molecule has 0 saturated carbocycles. The Hall–Kier alpha value is -2.01. The van der Waals surface area contributed by atoms with Crippen molar-refractivity contribution in [2.45, 2.75) is 44.6 Å². The molecule has 0 aliphatic heterocycles. The fourth-order valence-electron chi connectivity index (χ4n) is 2.90. The van der Waals surface area contributed by atoms with E-state index in [1.54, 1.807) is 26.2 Å². The third-order valence-electron chi connectivity index (χ3n) is 4.16. The van der Waals surface area contributed by atoms with E-state index in [4.69, 9.17) is 4.52 Å². The number of thiazole rings is 1. The Kier molecular flexibility index (Phi) is 8.14. The normalized spacial score (nSPS) is 12.4. The summed E-state index contributed by atoms with van der Waals surface area (Å²) in [5.41, 5.74) is 2.13. The monoisotopic (exact) mass is 457 g/mol. The van der Waals surface area contributed by atoms with Crippen LogP contribution in [0.1, 0.15) is 31.2 Å². The molecule has 0 spiro atoms. The molecule has 0 saturated heterocycles. The number of nitrogens with zero attached hydrogens (tertiary/aromatic N) is 3. The van der Waals surface area contributed by atoms with Crippen LogP contribution < -0.4 is 10.0 Å². The van der Waals surface area contributed by atoms with Gasteiger partial charge in [0.2, 0.25) is 10.0 Å². The van der Waals surface area contributed by atoms with E-state index < -0.39 is 10.0 Å². The fraction of sp³-hybridized carbons (Fsp3) is 0.389. The number of aromatic nitrogens is 3. The van der Waals surface area contributed by atoms with Gasteiger partial charge in [-0.3, -0.25) is 4.98 Å². The van der Waals surface area contributed by atoms with Crippen molar-refractivity contribution in [3.8, 4) is 11.3 Å². The van der Waals surface area contributed by atoms with Crippen molar-refractivity contribution in [3.63, 3.8) is 0 Å². The van der Waals surface area contributed by atoms with Gasteiger partial charge in [0.15, 0.2) is 10.9 Å². The van der Waals surface area contributed by atoms with Crippen LogP contribution in [0.5, 0.6) is 0 Å². The summed E-state index contributed by atoms with van der Waals surface area (Å²) in [5.74, 6) is 0.286. The Morgan fingerprint density at radius 2 is 2.10 bits per heavy atom. The topological polar surface area (TPSA) is 110 Å². The number of nitrogens with one attached hydrogen (secondary N) is 2. The highest BCUT2D eigenvalue weighted by atomic mass is 35.5. The van der Waals surface area contributed by atoms with Crippen molar-refractivity contribution in [2.24, 2.45) is 0 Å². The Morgan fingerprint density at radius 3 is 2.72 bits per heavy atom. The fourth-order valence-corrected chi connectivity index (χ4v) is 5.23. The Balaban J connectivity index is 0.00000300. The number of halogens is 1. The van der Waals surface area contributed by atoms with Crippen molar-refractivity contribution in [2.75, 3.05) is 11.9 Å². The van der Waals surface area contributed by atoms with Crippen LogP contribution in [0.15, 0.2) is 39.3 Å². The minimum absolute atomic E-state index is 0. The third-order valence-corrected chi connectivity index (χ3v) is 6.72. The molecule has 158 valence electrons. The second-order valence-corrected chi connectivity index (χ2v) is 8.93. The first-order valence-electron chi connectivity index (χ1n) is 8.95. The first kappa shape index (κ1) is 23.3. The lowest BCUT2D eigenvalue weighted by molar-refractivity contribution is 0.390. The summed E-state index contributed by atoms with van der Waals surface area (Å²) in [6.07, 6.45) is 5.01. The third kappa shape index (κ3) is 5.75. The van der Waals surface area contributed by atoms with Crippen molar-refractivity contribution in [1.82, 2.24) is 19.8 Å². The van der Waals surface area contributed by atoms with Crippen LogP contribution in [-0.4, -0.2) is 36.1 Å². The molecule has 0 aromatic carbocycles. The van der Waals surface area contributed by atoms with Crippen molar-refractivity contribution >= 4 is 38.9 Å². The highest BCUT2D eigenvalue weighted by Gasteiger charge is 2.27. The standard InChI is InChI=1S/C18H23N5O3S2.ClH/c1-4-6-15(23-28(24,25)17-12(2)22-26-13(17)3)10-20-18-21-16(11-27-18)14-7-5-8-19-9-14;/h5,7-9,11,15,23H,4,6,10H2,1-3H3,(H,20,21);1H. The number of pyridine rings is 1. The molecule has 29 heavy (non-hydrogen) atoms. The van der Waals surface area contributed by atoms with E-state index in [9.17, 15) is 8.42 Å². The number of anilines is 1. The molecule has 0 radical (unpaired) electrons. The highest BCUT2D eigenvalue weighted by Crippen LogP contribution is 2.24. The summed E-state index contributed by atoms with van der Waals surface area (Å²) in [5, 5.41) is 9.65. The molecule has 1 unspecified atom stereocenters. The van der Waals surface area contributed by atoms with Gasteiger partial charge < -0.3 is 9.84 Å². The number of hydrogen-bond donors (Lipinski definition) is 2. The Morgan fingerprint density at radius 1 is 1.31 bits per heavy atom. The summed E-state index contributed by atoms with van der Waals surface area (Å²) in [4.78, 5) is 8.77. The molecule has 0 aliphatic rings. The van der Waals surface area contributed by atoms with Crippen LogP contribution in [0.4, 0.5) is 5.13 Å². The first-order chi connectivity index (χ1) is 13.4. The lowest BCUT2D eigenvalue weighted by Gasteiger charge is -2.18. The van der Waals surface area contributed by atoms with Gasteiger partial charge in [-0.25, -0.2) is 18.1 Å². The lowest BCUT2D eigenvalue weighted by Crippen LogP contribution is -2.39. The highest BCUT2D eigenvalue weighted by molar-refractivity contribution is 7.89. The predicted octanol–water partition coefficient (Wildman–Crippen LogP) is 3.79. The van der Waals surface area contributed by atoms with Crippen molar-refractivity contribution < 1.29 is 12.9 Å². The van der Waals surface area contributed by atoms with E-state index in [-0.39, 0.29) is 29.1 Å². The number of hydrogen-bond acceptors (Lipinski definition) is 8. The molecule has 3 aromatic rings. The van der Waals surface area contributed by atoms with Crippen LogP contribution in [0.3, 0.4) is 0 Å². The second-order valence-electron chi connectivity index (χ2n) is 6.42. The molecule has 3 heterocycles. The zero-order valence-electron chi connectivity index (χ0n) is 16.4. The van der Waals surface area contributed by atoms with E-state index in [0.29, 0.717) is 18.7 Å². The summed E-state index contributed by atoms with van der Waals surface area (Å²) < 4.78 is 33.3. The SMILES string of the molecule is CCCC(CNc1nc(-c2cccnc2)cs1)NS(=O)(=O)c1c(C)noc1C.Cl. The summed E-state index contributed by atoms with van der Waals surface area (Å²) in [7, 11) is -3.71. The molecule has 0 fully saturated rings. The van der Waals surface area contributed by atoms with Crippen LogP contribution >= 0.6 is 23.7 Å². The van der Waals surface area contributed by atoms with Gasteiger partial charge in [0, 0.05) is 35.9 Å². The average molecular weight is 458 g/mol. The second kappa shape index (κ2) is 10.1. The van der Waals surface area contributed by atoms with Gasteiger partial charge in [-0.1, -0.05) is 18.5 Å². The van der Waals surface area contributed by atoms with Gasteiger partial charge in [0.25, 0.3) is 0 Å². The molecule has 0 bridgehead atoms. The molecule has 11 heteroatoms. The van der Waals surface area contributed by atoms with Crippen molar-refractivity contribution in [3.05, 3.63) is 41.4 Å². The Bertz CT molecular complexity index is 1000. The number of aryl methyl sites for hydroxylation is 2. The maximum atomic E-state index is 12.8. The van der Waals surface area contributed by atoms with E-state index in [0.717, 1.165) is 22.8 Å². The maximum Gasteiger partial charge on any atom is 0.246 e. The van der Waals surface area contributed by atoms with Crippen LogP contribution in [0.2, 0.25) is 0 Å². The zero-order chi connectivity index (χ0) is 20.1. The van der Waals surface area contributed by atoms with Crippen LogP contribution in [0.25, 0.3) is 11.3 Å². The Labute approximate surface area is 180 Å². The maximum absolute atomic E-state index is 12.8. The molecular weight excluding hydrogens is 434 g/mol. The molecule has 3 rings (SSSR count). The van der Waals surface area contributed by atoms with Gasteiger partial charge in [0.05, 0.1) is 5.69 Å². The van der Waals surface area contributed by atoms with E-state index in [1.165, 1.54) is 11.3 Å². The first-order valence-corrected chi connectivity index (χ1v) is 11.3. The van der Waals surface area contributed by atoms with Gasteiger partial charge >= 0.3 is 0 Å². The molecular formula is C18H24ClN5O3S2. The molecule has 3 aromatic heterocycles. The van der Waals surface area contributed by atoms with Gasteiger partial charge in [-0.2, -0.15) is 0 Å². The summed E-state index contributed by atoms with van der Waals surface area (Å²) in [6.45, 7) is 5.66. The van der Waals surface area contributed by atoms with E-state index in [1.807, 2.05) is 24.4 Å². The number of sulfonamides is 1. The molecule has 0 aliphatic carbocycles. The zero-order valence-corrected chi connectivity index (χ0v) is 18.8. The molecule has 0 amide bonds. The van der Waals surface area contributed by atoms with Gasteiger partial charge in [-0.15, -0.1) is 23.7 Å². The minimum atomic E-state index is -3.71. The van der Waals surface area contributed by atoms with Gasteiger partial charge in [0.1, 0.15) is 10.6 Å². The predicted molar refractivity (Wildman–Crippen MR) is 116 cm³/mol.